The van der Waals surface area contributed by atoms with Crippen molar-refractivity contribution in [3.05, 3.63) is 21.9 Å². The van der Waals surface area contributed by atoms with E-state index in [9.17, 15) is 4.79 Å². The highest BCUT2D eigenvalue weighted by molar-refractivity contribution is 7.13. The molecule has 0 bridgehead atoms. The molecule has 1 aromatic heterocycles. The lowest BCUT2D eigenvalue weighted by molar-refractivity contribution is 0.0217. The Morgan fingerprint density at radius 1 is 1.33 bits per heavy atom. The molecule has 0 aliphatic heterocycles. The smallest absolute Gasteiger partial charge is 0.348 e. The molecule has 2 rings (SSSR count). The normalized spacial score (nSPS) is 17.7. The van der Waals surface area contributed by atoms with Crippen molar-refractivity contribution >= 4 is 17.3 Å². The molecule has 1 aliphatic carbocycles. The van der Waals surface area contributed by atoms with Crippen LogP contribution in [0.25, 0.3) is 0 Å². The topological polar surface area (TPSA) is 26.3 Å². The number of thiophene rings is 1. The number of ether oxygens (including phenoxy) is 1. The zero-order chi connectivity index (χ0) is 10.7. The van der Waals surface area contributed by atoms with E-state index in [1.807, 2.05) is 19.1 Å². The number of carbonyl (C=O) groups is 1. The molecule has 3 heteroatoms. The average molecular weight is 224 g/mol. The second-order valence-electron chi connectivity index (χ2n) is 4.08. The molecule has 0 saturated heterocycles. The molecule has 0 atom stereocenters. The molecule has 0 amide bonds. The Morgan fingerprint density at radius 2 is 2.07 bits per heavy atom. The van der Waals surface area contributed by atoms with Gasteiger partial charge in [-0.3, -0.25) is 0 Å². The van der Waals surface area contributed by atoms with Gasteiger partial charge in [0.25, 0.3) is 0 Å². The summed E-state index contributed by atoms with van der Waals surface area (Å²) >= 11 is 1.51. The number of hydrogen-bond acceptors (Lipinski definition) is 3. The van der Waals surface area contributed by atoms with Crippen LogP contribution in [0.5, 0.6) is 0 Å². The number of carbonyl (C=O) groups excluding carboxylic acids is 1. The van der Waals surface area contributed by atoms with E-state index in [1.54, 1.807) is 0 Å². The summed E-state index contributed by atoms with van der Waals surface area (Å²) in [4.78, 5) is 13.6. The first-order valence-electron chi connectivity index (χ1n) is 5.53. The van der Waals surface area contributed by atoms with Crippen molar-refractivity contribution in [1.82, 2.24) is 0 Å². The van der Waals surface area contributed by atoms with Crippen molar-refractivity contribution in [2.45, 2.75) is 45.1 Å². The number of esters is 1. The Bertz CT molecular complexity index is 337. The highest BCUT2D eigenvalue weighted by atomic mass is 32.1. The van der Waals surface area contributed by atoms with Crippen molar-refractivity contribution in [1.29, 1.82) is 0 Å². The highest BCUT2D eigenvalue weighted by Crippen LogP contribution is 2.23. The molecule has 1 aromatic rings. The van der Waals surface area contributed by atoms with E-state index < -0.39 is 0 Å². The summed E-state index contributed by atoms with van der Waals surface area (Å²) in [6.07, 6.45) is 5.91. The molecule has 1 heterocycles. The molecular weight excluding hydrogens is 208 g/mol. The predicted molar refractivity (Wildman–Crippen MR) is 61.3 cm³/mol. The summed E-state index contributed by atoms with van der Waals surface area (Å²) in [5.41, 5.74) is 0. The Kier molecular flexibility index (Phi) is 3.41. The van der Waals surface area contributed by atoms with Gasteiger partial charge in [-0.15, -0.1) is 11.3 Å². The van der Waals surface area contributed by atoms with Crippen LogP contribution in [0.3, 0.4) is 0 Å². The fourth-order valence-electron chi connectivity index (χ4n) is 1.94. The fourth-order valence-corrected chi connectivity index (χ4v) is 2.69. The minimum absolute atomic E-state index is 0.139. The molecule has 0 radical (unpaired) electrons. The van der Waals surface area contributed by atoms with Crippen LogP contribution in [0, 0.1) is 6.92 Å². The van der Waals surface area contributed by atoms with Crippen LogP contribution >= 0.6 is 11.3 Å². The maximum Gasteiger partial charge on any atom is 0.348 e. The third-order valence-electron chi connectivity index (χ3n) is 2.77. The number of aryl methyl sites for hydroxylation is 1. The van der Waals surface area contributed by atoms with Gasteiger partial charge in [0.15, 0.2) is 0 Å². The van der Waals surface area contributed by atoms with E-state index in [0.29, 0.717) is 0 Å². The third kappa shape index (κ3) is 2.81. The van der Waals surface area contributed by atoms with Crippen molar-refractivity contribution in [2.75, 3.05) is 0 Å². The van der Waals surface area contributed by atoms with E-state index in [-0.39, 0.29) is 12.1 Å². The lowest BCUT2D eigenvalue weighted by Crippen LogP contribution is -2.20. The van der Waals surface area contributed by atoms with Gasteiger partial charge in [-0.2, -0.15) is 0 Å². The molecule has 82 valence electrons. The maximum absolute atomic E-state index is 11.7. The fraction of sp³-hybridized carbons (Fsp3) is 0.583. The Labute approximate surface area is 94.3 Å². The second kappa shape index (κ2) is 4.79. The first-order valence-corrected chi connectivity index (χ1v) is 6.35. The van der Waals surface area contributed by atoms with Crippen LogP contribution in [0.4, 0.5) is 0 Å². The van der Waals surface area contributed by atoms with Crippen LogP contribution in [-0.4, -0.2) is 12.1 Å². The SMILES string of the molecule is Cc1ccc(C(=O)OC2CCCCC2)s1. The molecule has 0 spiro atoms. The molecule has 0 aromatic carbocycles. The van der Waals surface area contributed by atoms with Gasteiger partial charge in [0, 0.05) is 4.88 Å². The van der Waals surface area contributed by atoms with E-state index in [2.05, 4.69) is 0 Å². The lowest BCUT2D eigenvalue weighted by atomic mass is 9.98. The van der Waals surface area contributed by atoms with Crippen LogP contribution in [0.2, 0.25) is 0 Å². The molecule has 0 unspecified atom stereocenters. The largest absolute Gasteiger partial charge is 0.458 e. The molecular formula is C12H16O2S. The van der Waals surface area contributed by atoms with Crippen LogP contribution in [0.15, 0.2) is 12.1 Å². The number of hydrogen-bond donors (Lipinski definition) is 0. The first kappa shape index (κ1) is 10.7. The summed E-state index contributed by atoms with van der Waals surface area (Å²) in [5, 5.41) is 0. The summed E-state index contributed by atoms with van der Waals surface area (Å²) in [7, 11) is 0. The van der Waals surface area contributed by atoms with Gasteiger partial charge in [-0.1, -0.05) is 6.42 Å². The summed E-state index contributed by atoms with van der Waals surface area (Å²) < 4.78 is 5.46. The van der Waals surface area contributed by atoms with E-state index in [1.165, 1.54) is 30.6 Å². The molecule has 15 heavy (non-hydrogen) atoms. The van der Waals surface area contributed by atoms with Crippen LogP contribution in [-0.2, 0) is 4.74 Å². The standard InChI is InChI=1S/C12H16O2S/c1-9-7-8-11(15-9)12(13)14-10-5-3-2-4-6-10/h7-8,10H,2-6H2,1H3. The highest BCUT2D eigenvalue weighted by Gasteiger charge is 2.19. The first-order chi connectivity index (χ1) is 7.25. The van der Waals surface area contributed by atoms with Gasteiger partial charge in [0.2, 0.25) is 0 Å². The zero-order valence-corrected chi connectivity index (χ0v) is 9.81. The van der Waals surface area contributed by atoms with Gasteiger partial charge in [-0.25, -0.2) is 4.79 Å². The lowest BCUT2D eigenvalue weighted by Gasteiger charge is -2.21. The third-order valence-corrected chi connectivity index (χ3v) is 3.75. The minimum atomic E-state index is -0.139. The quantitative estimate of drug-likeness (QED) is 0.718. The molecule has 1 aliphatic rings. The van der Waals surface area contributed by atoms with Crippen LogP contribution < -0.4 is 0 Å². The van der Waals surface area contributed by atoms with Crippen molar-refractivity contribution in [3.8, 4) is 0 Å². The minimum Gasteiger partial charge on any atom is -0.458 e. The summed E-state index contributed by atoms with van der Waals surface area (Å²) in [5.74, 6) is -0.139. The predicted octanol–water partition coefficient (Wildman–Crippen LogP) is 3.55. The van der Waals surface area contributed by atoms with Gasteiger partial charge >= 0.3 is 5.97 Å². The second-order valence-corrected chi connectivity index (χ2v) is 5.36. The van der Waals surface area contributed by atoms with Gasteiger partial charge in [0.1, 0.15) is 11.0 Å². The van der Waals surface area contributed by atoms with Crippen molar-refractivity contribution in [2.24, 2.45) is 0 Å². The van der Waals surface area contributed by atoms with Gasteiger partial charge in [0.05, 0.1) is 0 Å². The maximum atomic E-state index is 11.7. The average Bonchev–Trinajstić information content (AvgIpc) is 2.66. The number of rotatable bonds is 2. The molecule has 2 nitrogen and oxygen atoms in total. The van der Waals surface area contributed by atoms with Gasteiger partial charge in [-0.05, 0) is 44.7 Å². The van der Waals surface area contributed by atoms with E-state index in [0.717, 1.165) is 22.6 Å². The van der Waals surface area contributed by atoms with E-state index in [4.69, 9.17) is 4.74 Å². The van der Waals surface area contributed by atoms with Gasteiger partial charge < -0.3 is 4.74 Å². The molecule has 1 saturated carbocycles. The monoisotopic (exact) mass is 224 g/mol. The zero-order valence-electron chi connectivity index (χ0n) is 8.99. The summed E-state index contributed by atoms with van der Waals surface area (Å²) in [6, 6.07) is 3.81. The van der Waals surface area contributed by atoms with Crippen molar-refractivity contribution < 1.29 is 9.53 Å². The van der Waals surface area contributed by atoms with Crippen molar-refractivity contribution in [3.63, 3.8) is 0 Å². The van der Waals surface area contributed by atoms with Crippen LogP contribution in [0.1, 0.15) is 46.7 Å². The summed E-state index contributed by atoms with van der Waals surface area (Å²) in [6.45, 7) is 2.00. The Morgan fingerprint density at radius 3 is 2.67 bits per heavy atom. The molecule has 0 N–H and O–H groups in total. The molecule has 1 fully saturated rings. The Balaban J connectivity index is 1.91. The Hall–Kier alpha value is -0.830. The van der Waals surface area contributed by atoms with E-state index >= 15 is 0 Å².